The quantitative estimate of drug-likeness (QED) is 0.479. The highest BCUT2D eigenvalue weighted by molar-refractivity contribution is 5.77. The highest BCUT2D eigenvalue weighted by atomic mass is 16.5. The topological polar surface area (TPSA) is 50.1 Å². The smallest absolute Gasteiger partial charge is 0.327 e. The molecule has 0 amide bonds. The highest BCUT2D eigenvalue weighted by Gasteiger charge is 2.34. The fraction of sp³-hybridized carbons (Fsp3) is 0.778. The molecule has 12 heavy (non-hydrogen) atoms. The molecule has 0 atom stereocenters. The van der Waals surface area contributed by atoms with E-state index < -0.39 is 11.4 Å². The lowest BCUT2D eigenvalue weighted by atomic mass is 9.80. The van der Waals surface area contributed by atoms with Crippen LogP contribution in [0.5, 0.6) is 0 Å². The van der Waals surface area contributed by atoms with Gasteiger partial charge in [0.05, 0.1) is 5.41 Å². The summed E-state index contributed by atoms with van der Waals surface area (Å²) in [5.74, 6) is -0.391. The van der Waals surface area contributed by atoms with Crippen molar-refractivity contribution in [1.82, 2.24) is 0 Å². The van der Waals surface area contributed by atoms with Crippen molar-refractivity contribution < 1.29 is 9.53 Å². The summed E-state index contributed by atoms with van der Waals surface area (Å²) in [6.07, 6.45) is 3.59. The summed E-state index contributed by atoms with van der Waals surface area (Å²) < 4.78 is 4.35. The van der Waals surface area contributed by atoms with Crippen LogP contribution in [0.1, 0.15) is 40.0 Å². The first kappa shape index (κ1) is 11.0. The second-order valence-corrected chi connectivity index (χ2v) is 2.82. The lowest BCUT2D eigenvalue weighted by Crippen LogP contribution is -2.30. The number of carbonyl (C=O) groups excluding carboxylic acids is 1. The van der Waals surface area contributed by atoms with E-state index in [2.05, 4.69) is 4.74 Å². The van der Waals surface area contributed by atoms with Gasteiger partial charge < -0.3 is 4.74 Å². The molecular formula is C9H15NO2. The van der Waals surface area contributed by atoms with Gasteiger partial charge in [0, 0.05) is 0 Å². The molecule has 0 aliphatic heterocycles. The minimum atomic E-state index is -0.449. The Morgan fingerprint density at radius 2 is 1.75 bits per heavy atom. The highest BCUT2D eigenvalue weighted by Crippen LogP contribution is 2.31. The second kappa shape index (κ2) is 4.76. The zero-order chi connectivity index (χ0) is 9.61. The molecule has 0 heterocycles. The lowest BCUT2D eigenvalue weighted by Gasteiger charge is -2.25. The number of rotatable bonds is 4. The number of hydrogen-bond acceptors (Lipinski definition) is 3. The number of nitrogens with zero attached hydrogens (tertiary/aromatic N) is 1. The van der Waals surface area contributed by atoms with Crippen LogP contribution in [0.2, 0.25) is 0 Å². The van der Waals surface area contributed by atoms with Gasteiger partial charge in [-0.1, -0.05) is 20.8 Å². The van der Waals surface area contributed by atoms with E-state index in [-0.39, 0.29) is 0 Å². The summed E-state index contributed by atoms with van der Waals surface area (Å²) in [5.41, 5.74) is -0.449. The monoisotopic (exact) mass is 169 g/mol. The first-order valence-electron chi connectivity index (χ1n) is 4.27. The van der Waals surface area contributed by atoms with Crippen LogP contribution in [-0.4, -0.2) is 5.97 Å². The van der Waals surface area contributed by atoms with Crippen molar-refractivity contribution in [2.24, 2.45) is 5.41 Å². The average molecular weight is 169 g/mol. The molecule has 0 unspecified atom stereocenters. The fourth-order valence-electron chi connectivity index (χ4n) is 1.33. The standard InChI is InChI=1S/C9H15NO2/c1-4-9(5-2,6-3)8(11)12-7-10/h4-6H2,1-3H3. The zero-order valence-electron chi connectivity index (χ0n) is 7.89. The maximum absolute atomic E-state index is 11.3. The number of hydrogen-bond donors (Lipinski definition) is 0. The van der Waals surface area contributed by atoms with Gasteiger partial charge in [-0.2, -0.15) is 0 Å². The minimum absolute atomic E-state index is 0.391. The molecule has 0 aliphatic carbocycles. The molecule has 3 heteroatoms. The predicted octanol–water partition coefficient (Wildman–Crippen LogP) is 2.23. The van der Waals surface area contributed by atoms with Gasteiger partial charge in [-0.05, 0) is 19.3 Å². The van der Waals surface area contributed by atoms with Crippen molar-refractivity contribution in [3.05, 3.63) is 0 Å². The van der Waals surface area contributed by atoms with Gasteiger partial charge >= 0.3 is 5.97 Å². The van der Waals surface area contributed by atoms with Gasteiger partial charge in [-0.3, -0.25) is 4.79 Å². The summed E-state index contributed by atoms with van der Waals surface area (Å²) >= 11 is 0. The van der Waals surface area contributed by atoms with E-state index in [1.807, 2.05) is 20.8 Å². The van der Waals surface area contributed by atoms with Crippen LogP contribution in [0.25, 0.3) is 0 Å². The van der Waals surface area contributed by atoms with Gasteiger partial charge in [-0.25, -0.2) is 0 Å². The molecule has 0 aliphatic rings. The third-order valence-corrected chi connectivity index (χ3v) is 2.60. The van der Waals surface area contributed by atoms with Crippen molar-refractivity contribution in [2.75, 3.05) is 0 Å². The van der Waals surface area contributed by atoms with Crippen LogP contribution in [0.15, 0.2) is 0 Å². The molecular weight excluding hydrogens is 154 g/mol. The molecule has 0 radical (unpaired) electrons. The molecule has 0 saturated heterocycles. The molecule has 0 saturated carbocycles. The molecule has 3 nitrogen and oxygen atoms in total. The van der Waals surface area contributed by atoms with E-state index in [4.69, 9.17) is 5.26 Å². The molecule has 0 bridgehead atoms. The van der Waals surface area contributed by atoms with E-state index in [1.54, 1.807) is 0 Å². The van der Waals surface area contributed by atoms with Crippen LogP contribution in [-0.2, 0) is 9.53 Å². The van der Waals surface area contributed by atoms with Gasteiger partial charge in [0.25, 0.3) is 6.26 Å². The van der Waals surface area contributed by atoms with Gasteiger partial charge in [0.1, 0.15) is 0 Å². The number of carbonyl (C=O) groups is 1. The Bertz CT molecular complexity index is 181. The van der Waals surface area contributed by atoms with Crippen molar-refractivity contribution in [2.45, 2.75) is 40.0 Å². The lowest BCUT2D eigenvalue weighted by molar-refractivity contribution is -0.149. The molecule has 0 N–H and O–H groups in total. The SMILES string of the molecule is CCC(CC)(CC)C(=O)OC#N. The second-order valence-electron chi connectivity index (χ2n) is 2.82. The zero-order valence-corrected chi connectivity index (χ0v) is 7.89. The van der Waals surface area contributed by atoms with Crippen LogP contribution in [0, 0.1) is 16.9 Å². The third-order valence-electron chi connectivity index (χ3n) is 2.60. The molecule has 0 aromatic carbocycles. The number of ether oxygens (including phenoxy) is 1. The Balaban J connectivity index is 4.49. The summed E-state index contributed by atoms with van der Waals surface area (Å²) in [7, 11) is 0. The summed E-state index contributed by atoms with van der Waals surface area (Å²) in [6, 6.07) is 0. The molecule has 0 fully saturated rings. The Hall–Kier alpha value is -1.04. The first-order chi connectivity index (χ1) is 5.66. The van der Waals surface area contributed by atoms with Gasteiger partial charge in [-0.15, -0.1) is 5.26 Å². The fourth-order valence-corrected chi connectivity index (χ4v) is 1.33. The Morgan fingerprint density at radius 1 is 1.33 bits per heavy atom. The van der Waals surface area contributed by atoms with Crippen molar-refractivity contribution in [1.29, 1.82) is 5.26 Å². The molecule has 0 spiro atoms. The normalized spacial score (nSPS) is 10.5. The minimum Gasteiger partial charge on any atom is -0.351 e. The van der Waals surface area contributed by atoms with Gasteiger partial charge in [0.15, 0.2) is 0 Å². The van der Waals surface area contributed by atoms with Crippen LogP contribution in [0.4, 0.5) is 0 Å². The van der Waals surface area contributed by atoms with Crippen LogP contribution >= 0.6 is 0 Å². The summed E-state index contributed by atoms with van der Waals surface area (Å²) in [5, 5.41) is 8.19. The van der Waals surface area contributed by atoms with E-state index in [9.17, 15) is 4.79 Å². The molecule has 0 aromatic heterocycles. The van der Waals surface area contributed by atoms with Gasteiger partial charge in [0.2, 0.25) is 0 Å². The largest absolute Gasteiger partial charge is 0.351 e. The molecule has 0 aromatic rings. The van der Waals surface area contributed by atoms with Crippen molar-refractivity contribution in [3.63, 3.8) is 0 Å². The van der Waals surface area contributed by atoms with Crippen molar-refractivity contribution in [3.8, 4) is 6.26 Å². The third kappa shape index (κ3) is 1.97. The average Bonchev–Trinajstić information content (AvgIpc) is 2.09. The van der Waals surface area contributed by atoms with Crippen LogP contribution < -0.4 is 0 Å². The Morgan fingerprint density at radius 3 is 2.00 bits per heavy atom. The number of esters is 1. The predicted molar refractivity (Wildman–Crippen MR) is 45.0 cm³/mol. The maximum atomic E-state index is 11.3. The maximum Gasteiger partial charge on any atom is 0.327 e. The summed E-state index contributed by atoms with van der Waals surface area (Å²) in [4.78, 5) is 11.3. The summed E-state index contributed by atoms with van der Waals surface area (Å²) in [6.45, 7) is 5.81. The first-order valence-corrected chi connectivity index (χ1v) is 4.27. The molecule has 0 rings (SSSR count). The molecule has 68 valence electrons. The van der Waals surface area contributed by atoms with Crippen LogP contribution in [0.3, 0.4) is 0 Å². The van der Waals surface area contributed by atoms with E-state index in [1.165, 1.54) is 6.26 Å². The van der Waals surface area contributed by atoms with Crippen molar-refractivity contribution >= 4 is 5.97 Å². The Labute approximate surface area is 73.3 Å². The van der Waals surface area contributed by atoms with E-state index >= 15 is 0 Å². The number of nitriles is 1. The Kier molecular flexibility index (Phi) is 4.35. The van der Waals surface area contributed by atoms with E-state index in [0.717, 1.165) is 19.3 Å². The van der Waals surface area contributed by atoms with E-state index in [0.29, 0.717) is 0 Å².